The van der Waals surface area contributed by atoms with Crippen molar-refractivity contribution < 1.29 is 23.9 Å². The monoisotopic (exact) mass is 336 g/mol. The molecule has 7 heteroatoms. The van der Waals surface area contributed by atoms with Gasteiger partial charge in [-0.15, -0.1) is 0 Å². The summed E-state index contributed by atoms with van der Waals surface area (Å²) < 4.78 is 9.44. The molecule has 1 aromatic carbocycles. The van der Waals surface area contributed by atoms with Gasteiger partial charge in [0.2, 0.25) is 5.91 Å². The van der Waals surface area contributed by atoms with Crippen LogP contribution in [0.1, 0.15) is 19.4 Å². The molecule has 2 atom stereocenters. The van der Waals surface area contributed by atoms with Crippen LogP contribution in [0.4, 0.5) is 0 Å². The van der Waals surface area contributed by atoms with Crippen molar-refractivity contribution in [2.75, 3.05) is 20.3 Å². The Hall–Kier alpha value is -2.41. The van der Waals surface area contributed by atoms with Gasteiger partial charge in [-0.3, -0.25) is 14.9 Å². The average Bonchev–Trinajstić information content (AvgIpc) is 2.58. The molecule has 0 bridgehead atoms. The second-order valence-corrected chi connectivity index (χ2v) is 5.18. The van der Waals surface area contributed by atoms with E-state index >= 15 is 0 Å². The van der Waals surface area contributed by atoms with Crippen LogP contribution in [-0.4, -0.2) is 50.2 Å². The number of hydrogen-bond acceptors (Lipinski definition) is 6. The molecule has 24 heavy (non-hydrogen) atoms. The number of carbonyl (C=O) groups is 3. The van der Waals surface area contributed by atoms with Crippen LogP contribution in [0.25, 0.3) is 0 Å². The van der Waals surface area contributed by atoms with Gasteiger partial charge in [-0.05, 0) is 25.8 Å². The lowest BCUT2D eigenvalue weighted by Gasteiger charge is -2.20. The van der Waals surface area contributed by atoms with E-state index in [0.29, 0.717) is 6.42 Å². The third-order valence-electron chi connectivity index (χ3n) is 3.31. The Balaban J connectivity index is 2.73. The fourth-order valence-corrected chi connectivity index (χ4v) is 2.08. The highest BCUT2D eigenvalue weighted by molar-refractivity contribution is 5.87. The van der Waals surface area contributed by atoms with E-state index in [1.54, 1.807) is 6.92 Å². The number of benzene rings is 1. The average molecular weight is 336 g/mol. The molecular weight excluding hydrogens is 312 g/mol. The number of amides is 1. The Labute approximate surface area is 141 Å². The van der Waals surface area contributed by atoms with E-state index in [2.05, 4.69) is 15.4 Å². The first-order valence-corrected chi connectivity index (χ1v) is 7.79. The maximum Gasteiger partial charge on any atom is 0.328 e. The maximum atomic E-state index is 12.4. The van der Waals surface area contributed by atoms with Crippen molar-refractivity contribution in [3.8, 4) is 0 Å². The molecule has 0 aromatic heterocycles. The molecule has 0 unspecified atom stereocenters. The lowest BCUT2D eigenvalue weighted by Crippen LogP contribution is -2.51. The Bertz CT molecular complexity index is 547. The van der Waals surface area contributed by atoms with Gasteiger partial charge in [-0.1, -0.05) is 30.3 Å². The number of ether oxygens (including phenoxy) is 2. The van der Waals surface area contributed by atoms with Crippen LogP contribution in [0.15, 0.2) is 30.3 Å². The normalized spacial score (nSPS) is 12.8. The highest BCUT2D eigenvalue weighted by Gasteiger charge is 2.24. The van der Waals surface area contributed by atoms with Gasteiger partial charge in [-0.25, -0.2) is 4.79 Å². The van der Waals surface area contributed by atoms with Crippen LogP contribution in [0, 0.1) is 0 Å². The summed E-state index contributed by atoms with van der Waals surface area (Å²) in [6.45, 7) is 3.43. The van der Waals surface area contributed by atoms with Gasteiger partial charge >= 0.3 is 11.9 Å². The van der Waals surface area contributed by atoms with Crippen LogP contribution in [0.5, 0.6) is 0 Å². The molecule has 0 saturated carbocycles. The number of hydrogen-bond donors (Lipinski definition) is 2. The summed E-state index contributed by atoms with van der Waals surface area (Å²) in [6, 6.07) is 7.93. The van der Waals surface area contributed by atoms with Gasteiger partial charge < -0.3 is 14.8 Å². The summed E-state index contributed by atoms with van der Waals surface area (Å²) in [4.78, 5) is 35.4. The first kappa shape index (κ1) is 19.6. The molecule has 0 aliphatic heterocycles. The minimum Gasteiger partial charge on any atom is -0.467 e. The molecule has 0 saturated heterocycles. The van der Waals surface area contributed by atoms with Crippen LogP contribution in [-0.2, 0) is 30.3 Å². The molecule has 132 valence electrons. The van der Waals surface area contributed by atoms with Crippen molar-refractivity contribution >= 4 is 17.8 Å². The molecule has 0 heterocycles. The number of methoxy groups -OCH3 is 1. The fourth-order valence-electron chi connectivity index (χ4n) is 2.08. The van der Waals surface area contributed by atoms with Gasteiger partial charge in [-0.2, -0.15) is 0 Å². The lowest BCUT2D eigenvalue weighted by molar-refractivity contribution is -0.145. The summed E-state index contributed by atoms with van der Waals surface area (Å²) in [5.41, 5.74) is 0.930. The van der Waals surface area contributed by atoms with Crippen molar-refractivity contribution in [2.24, 2.45) is 0 Å². The fraction of sp³-hybridized carbons (Fsp3) is 0.471. The summed E-state index contributed by atoms with van der Waals surface area (Å²) in [7, 11) is 1.26. The molecule has 1 aromatic rings. The van der Waals surface area contributed by atoms with E-state index in [-0.39, 0.29) is 19.1 Å². The second kappa shape index (κ2) is 10.4. The third-order valence-corrected chi connectivity index (χ3v) is 3.31. The number of nitrogens with one attached hydrogen (secondary N) is 2. The summed E-state index contributed by atoms with van der Waals surface area (Å²) in [5.74, 6) is -1.36. The van der Waals surface area contributed by atoms with E-state index in [0.717, 1.165) is 5.56 Å². The van der Waals surface area contributed by atoms with E-state index in [9.17, 15) is 14.4 Å². The summed E-state index contributed by atoms with van der Waals surface area (Å²) in [5, 5.41) is 5.45. The molecule has 7 nitrogen and oxygen atoms in total. The van der Waals surface area contributed by atoms with Crippen LogP contribution in [0.3, 0.4) is 0 Å². The van der Waals surface area contributed by atoms with Gasteiger partial charge in [0, 0.05) is 0 Å². The Morgan fingerprint density at radius 3 is 2.42 bits per heavy atom. The molecule has 0 aliphatic rings. The zero-order chi connectivity index (χ0) is 17.9. The smallest absolute Gasteiger partial charge is 0.328 e. The van der Waals surface area contributed by atoms with E-state index in [1.165, 1.54) is 14.0 Å². The van der Waals surface area contributed by atoms with E-state index in [4.69, 9.17) is 4.74 Å². The largest absolute Gasteiger partial charge is 0.467 e. The molecule has 0 radical (unpaired) electrons. The van der Waals surface area contributed by atoms with Crippen molar-refractivity contribution in [1.29, 1.82) is 0 Å². The van der Waals surface area contributed by atoms with Gasteiger partial charge in [0.15, 0.2) is 0 Å². The number of esters is 2. The van der Waals surface area contributed by atoms with Crippen LogP contribution >= 0.6 is 0 Å². The Morgan fingerprint density at radius 1 is 1.17 bits per heavy atom. The first-order chi connectivity index (χ1) is 11.5. The molecule has 0 fully saturated rings. The van der Waals surface area contributed by atoms with Crippen molar-refractivity contribution in [3.63, 3.8) is 0 Å². The molecule has 2 N–H and O–H groups in total. The molecule has 1 amide bonds. The standard InChI is InChI=1S/C17H24N2O5/c1-4-24-15(20)11-18-14(10-13-8-6-5-7-9-13)16(21)19-12(2)17(22)23-3/h5-9,12,14,18H,4,10-11H2,1-3H3,(H,19,21)/t12-,14-/m0/s1. The zero-order valence-corrected chi connectivity index (χ0v) is 14.2. The first-order valence-electron chi connectivity index (χ1n) is 7.79. The molecule has 0 spiro atoms. The zero-order valence-electron chi connectivity index (χ0n) is 14.2. The minimum atomic E-state index is -0.773. The molecule has 0 aliphatic carbocycles. The van der Waals surface area contributed by atoms with Crippen LogP contribution < -0.4 is 10.6 Å². The number of rotatable bonds is 9. The third kappa shape index (κ3) is 6.78. The van der Waals surface area contributed by atoms with Crippen molar-refractivity contribution in [2.45, 2.75) is 32.4 Å². The molecule has 1 rings (SSSR count). The van der Waals surface area contributed by atoms with E-state index in [1.807, 2.05) is 30.3 Å². The Kier molecular flexibility index (Phi) is 8.49. The Morgan fingerprint density at radius 2 is 1.83 bits per heavy atom. The highest BCUT2D eigenvalue weighted by Crippen LogP contribution is 2.04. The van der Waals surface area contributed by atoms with Crippen molar-refractivity contribution in [3.05, 3.63) is 35.9 Å². The summed E-state index contributed by atoms with van der Waals surface area (Å²) in [6.07, 6.45) is 0.375. The maximum absolute atomic E-state index is 12.4. The van der Waals surface area contributed by atoms with Gasteiger partial charge in [0.1, 0.15) is 6.04 Å². The van der Waals surface area contributed by atoms with Gasteiger partial charge in [0.25, 0.3) is 0 Å². The highest BCUT2D eigenvalue weighted by atomic mass is 16.5. The quantitative estimate of drug-likeness (QED) is 0.635. The summed E-state index contributed by atoms with van der Waals surface area (Å²) >= 11 is 0. The van der Waals surface area contributed by atoms with Crippen molar-refractivity contribution in [1.82, 2.24) is 10.6 Å². The predicted octanol–water partition coefficient (Wildman–Crippen LogP) is 0.428. The second-order valence-electron chi connectivity index (χ2n) is 5.18. The SMILES string of the molecule is CCOC(=O)CN[C@@H](Cc1ccccc1)C(=O)N[C@@H](C)C(=O)OC. The van der Waals surface area contributed by atoms with Gasteiger partial charge in [0.05, 0.1) is 26.3 Å². The predicted molar refractivity (Wildman–Crippen MR) is 88.2 cm³/mol. The minimum absolute atomic E-state index is 0.0919. The lowest BCUT2D eigenvalue weighted by atomic mass is 10.0. The number of carbonyl (C=O) groups excluding carboxylic acids is 3. The van der Waals surface area contributed by atoms with E-state index < -0.39 is 24.0 Å². The molecular formula is C17H24N2O5. The van der Waals surface area contributed by atoms with Crippen LogP contribution in [0.2, 0.25) is 0 Å². The topological polar surface area (TPSA) is 93.7 Å².